The number of hydrogen-bond donors (Lipinski definition) is 1. The molecule has 0 atom stereocenters. The molecule has 0 aliphatic rings. The third-order valence-electron chi connectivity index (χ3n) is 4.29. The van der Waals surface area contributed by atoms with Crippen molar-refractivity contribution in [2.75, 3.05) is 5.32 Å². The minimum absolute atomic E-state index is 0.194. The van der Waals surface area contributed by atoms with E-state index < -0.39 is 11.7 Å². The summed E-state index contributed by atoms with van der Waals surface area (Å²) in [7, 11) is 0. The van der Waals surface area contributed by atoms with Crippen LogP contribution in [0.25, 0.3) is 11.1 Å². The van der Waals surface area contributed by atoms with Crippen LogP contribution in [0.3, 0.4) is 0 Å². The first-order valence-electron chi connectivity index (χ1n) is 10.1. The monoisotopic (exact) mass is 437 g/mol. The van der Waals surface area contributed by atoms with Gasteiger partial charge in [0.15, 0.2) is 0 Å². The topological polar surface area (TPSA) is 12.0 Å². The molecule has 4 heteroatoms. The molecule has 168 valence electrons. The van der Waals surface area contributed by atoms with Gasteiger partial charge in [-0.05, 0) is 55.7 Å². The molecule has 0 spiro atoms. The molecule has 0 heterocycles. The van der Waals surface area contributed by atoms with Gasteiger partial charge >= 0.3 is 6.18 Å². The van der Waals surface area contributed by atoms with Crippen molar-refractivity contribution in [3.63, 3.8) is 0 Å². The lowest BCUT2D eigenvalue weighted by Gasteiger charge is -2.11. The van der Waals surface area contributed by atoms with Gasteiger partial charge in [0.25, 0.3) is 0 Å². The fraction of sp³-hybridized carbons (Fsp3) is 0.143. The van der Waals surface area contributed by atoms with E-state index in [1.807, 2.05) is 86.7 Å². The van der Waals surface area contributed by atoms with E-state index in [1.165, 1.54) is 0 Å². The molecule has 0 unspecified atom stereocenters. The van der Waals surface area contributed by atoms with E-state index in [0.29, 0.717) is 5.69 Å². The van der Waals surface area contributed by atoms with Crippen LogP contribution in [0.2, 0.25) is 0 Å². The molecule has 32 heavy (non-hydrogen) atoms. The zero-order valence-electron chi connectivity index (χ0n) is 18.8. The Hall–Kier alpha value is -3.53. The highest BCUT2D eigenvalue weighted by atomic mass is 19.4. The third-order valence-corrected chi connectivity index (χ3v) is 4.29. The maximum atomic E-state index is 12.5. The van der Waals surface area contributed by atoms with Crippen molar-refractivity contribution in [3.8, 4) is 11.1 Å². The Morgan fingerprint density at radius 1 is 0.938 bits per heavy atom. The number of nitrogens with one attached hydrogen (secondary N) is 1. The van der Waals surface area contributed by atoms with Gasteiger partial charge in [-0.3, -0.25) is 0 Å². The van der Waals surface area contributed by atoms with Crippen molar-refractivity contribution in [2.24, 2.45) is 0 Å². The first-order chi connectivity index (χ1) is 15.1. The van der Waals surface area contributed by atoms with Crippen LogP contribution >= 0.6 is 0 Å². The minimum Gasteiger partial charge on any atom is -0.356 e. The molecule has 2 aromatic rings. The van der Waals surface area contributed by atoms with Crippen LogP contribution in [0.1, 0.15) is 20.8 Å². The second kappa shape index (κ2) is 13.0. The Morgan fingerprint density at radius 3 is 2.09 bits per heavy atom. The number of hydrogen-bond acceptors (Lipinski definition) is 1. The number of rotatable bonds is 7. The standard InChI is InChI=1S/C18H16F3N.C10H14/c1-13(18(19,20)21)11-14(2)22-17-10-6-9-16(12-17)15-7-4-3-5-8-15;1-5-7-8-10(6-2)9(3)4/h3-12,22H,2H2,1H3;5-8H,2-3H2,1,4H3/b13-11+;7-5-,10-8+. The van der Waals surface area contributed by atoms with Gasteiger partial charge in [-0.15, -0.1) is 0 Å². The van der Waals surface area contributed by atoms with Gasteiger partial charge in [-0.2, -0.15) is 13.2 Å². The molecule has 1 nitrogen and oxygen atoms in total. The van der Waals surface area contributed by atoms with Gasteiger partial charge in [-0.1, -0.05) is 92.1 Å². The Balaban J connectivity index is 0.000000433. The van der Waals surface area contributed by atoms with Crippen molar-refractivity contribution in [2.45, 2.75) is 26.9 Å². The van der Waals surface area contributed by atoms with Crippen molar-refractivity contribution in [1.82, 2.24) is 0 Å². The van der Waals surface area contributed by atoms with E-state index >= 15 is 0 Å². The molecular weight excluding hydrogens is 407 g/mol. The lowest BCUT2D eigenvalue weighted by Crippen LogP contribution is -2.10. The maximum Gasteiger partial charge on any atom is 0.412 e. The van der Waals surface area contributed by atoms with Crippen LogP contribution in [-0.4, -0.2) is 6.18 Å². The summed E-state index contributed by atoms with van der Waals surface area (Å²) in [5.41, 5.74) is 4.36. The largest absolute Gasteiger partial charge is 0.412 e. The fourth-order valence-electron chi connectivity index (χ4n) is 2.56. The zero-order valence-corrected chi connectivity index (χ0v) is 18.8. The summed E-state index contributed by atoms with van der Waals surface area (Å²) < 4.78 is 37.5. The molecule has 0 saturated carbocycles. The summed E-state index contributed by atoms with van der Waals surface area (Å²) in [4.78, 5) is 0. The molecule has 2 rings (SSSR count). The predicted molar refractivity (Wildman–Crippen MR) is 132 cm³/mol. The highest BCUT2D eigenvalue weighted by Gasteiger charge is 2.29. The quantitative estimate of drug-likeness (QED) is 0.426. The molecule has 0 saturated heterocycles. The summed E-state index contributed by atoms with van der Waals surface area (Å²) in [6.45, 7) is 16.1. The molecular formula is C28H30F3N. The summed E-state index contributed by atoms with van der Waals surface area (Å²) in [6, 6.07) is 17.2. The van der Waals surface area contributed by atoms with Gasteiger partial charge in [0.2, 0.25) is 0 Å². The lowest BCUT2D eigenvalue weighted by atomic mass is 10.1. The highest BCUT2D eigenvalue weighted by molar-refractivity contribution is 5.69. The minimum atomic E-state index is -4.34. The number of anilines is 1. The summed E-state index contributed by atoms with van der Waals surface area (Å²) in [5, 5.41) is 2.88. The van der Waals surface area contributed by atoms with Crippen molar-refractivity contribution >= 4 is 5.69 Å². The molecule has 0 aliphatic carbocycles. The molecule has 0 aliphatic heterocycles. The second-order valence-corrected chi connectivity index (χ2v) is 7.05. The SMILES string of the molecule is C=C(/C=C(\C)C(F)(F)F)Nc1cccc(-c2ccccc2)c1.C=C/C(=C\C=C/C)C(=C)C. The average Bonchev–Trinajstić information content (AvgIpc) is 2.74. The number of halogens is 3. The predicted octanol–water partition coefficient (Wildman–Crippen LogP) is 9.04. The van der Waals surface area contributed by atoms with E-state index in [0.717, 1.165) is 35.3 Å². The first-order valence-corrected chi connectivity index (χ1v) is 10.1. The Bertz CT molecular complexity index is 1010. The molecule has 1 N–H and O–H groups in total. The molecule has 0 aromatic heterocycles. The molecule has 0 amide bonds. The van der Waals surface area contributed by atoms with Crippen LogP contribution in [0.4, 0.5) is 18.9 Å². The highest BCUT2D eigenvalue weighted by Crippen LogP contribution is 2.27. The average molecular weight is 438 g/mol. The van der Waals surface area contributed by atoms with Crippen molar-refractivity contribution in [3.05, 3.63) is 127 Å². The van der Waals surface area contributed by atoms with Crippen LogP contribution in [0, 0.1) is 0 Å². The van der Waals surface area contributed by atoms with Gasteiger partial charge in [0, 0.05) is 17.0 Å². The number of alkyl halides is 3. The fourth-order valence-corrected chi connectivity index (χ4v) is 2.56. The van der Waals surface area contributed by atoms with Gasteiger partial charge in [-0.25, -0.2) is 0 Å². The van der Waals surface area contributed by atoms with Gasteiger partial charge < -0.3 is 5.32 Å². The van der Waals surface area contributed by atoms with Crippen molar-refractivity contribution in [1.29, 1.82) is 0 Å². The normalized spacial score (nSPS) is 12.1. The summed E-state index contributed by atoms with van der Waals surface area (Å²) in [5.74, 6) is 0. The van der Waals surface area contributed by atoms with Crippen molar-refractivity contribution < 1.29 is 13.2 Å². The zero-order chi connectivity index (χ0) is 24.1. The third kappa shape index (κ3) is 9.52. The van der Waals surface area contributed by atoms with E-state index in [9.17, 15) is 13.2 Å². The number of allylic oxidation sites excluding steroid dienone is 8. The Labute approximate surface area is 189 Å². The van der Waals surface area contributed by atoms with Crippen LogP contribution < -0.4 is 5.32 Å². The van der Waals surface area contributed by atoms with Crippen LogP contribution in [0.5, 0.6) is 0 Å². The molecule has 0 radical (unpaired) electrons. The Kier molecular flexibility index (Phi) is 10.8. The second-order valence-electron chi connectivity index (χ2n) is 7.05. The van der Waals surface area contributed by atoms with E-state index in [1.54, 1.807) is 6.07 Å². The lowest BCUT2D eigenvalue weighted by molar-refractivity contribution is -0.0913. The van der Waals surface area contributed by atoms with Crippen LogP contribution in [-0.2, 0) is 0 Å². The van der Waals surface area contributed by atoms with Crippen LogP contribution in [0.15, 0.2) is 127 Å². The van der Waals surface area contributed by atoms with Gasteiger partial charge in [0.05, 0.1) is 0 Å². The first kappa shape index (κ1) is 26.5. The summed E-state index contributed by atoms with van der Waals surface area (Å²) >= 11 is 0. The van der Waals surface area contributed by atoms with E-state index in [4.69, 9.17) is 0 Å². The summed E-state index contributed by atoms with van der Waals surface area (Å²) in [6.07, 6.45) is 4.42. The van der Waals surface area contributed by atoms with Gasteiger partial charge in [0.1, 0.15) is 0 Å². The Morgan fingerprint density at radius 2 is 1.56 bits per heavy atom. The maximum absolute atomic E-state index is 12.5. The number of benzene rings is 2. The molecule has 2 aromatic carbocycles. The van der Waals surface area contributed by atoms with E-state index in [2.05, 4.69) is 25.1 Å². The molecule has 0 fully saturated rings. The molecule has 0 bridgehead atoms. The smallest absolute Gasteiger partial charge is 0.356 e. The van der Waals surface area contributed by atoms with E-state index in [-0.39, 0.29) is 5.70 Å².